The van der Waals surface area contributed by atoms with Crippen LogP contribution in [0.3, 0.4) is 0 Å². The van der Waals surface area contributed by atoms with Crippen molar-refractivity contribution in [1.29, 1.82) is 0 Å². The van der Waals surface area contributed by atoms with Gasteiger partial charge >= 0.3 is 6.18 Å². The molecule has 0 aliphatic rings. The van der Waals surface area contributed by atoms with E-state index < -0.39 is 23.9 Å². The first-order valence-electron chi connectivity index (χ1n) is 4.96. The highest BCUT2D eigenvalue weighted by Crippen LogP contribution is 2.36. The summed E-state index contributed by atoms with van der Waals surface area (Å²) in [6, 6.07) is 2.39. The van der Waals surface area contributed by atoms with Crippen LogP contribution in [0.15, 0.2) is 18.2 Å². The molecule has 0 aliphatic carbocycles. The number of nitrogens with two attached hydrogens (primary N) is 1. The van der Waals surface area contributed by atoms with Gasteiger partial charge < -0.3 is 15.6 Å². The Morgan fingerprint density at radius 1 is 1.35 bits per heavy atom. The van der Waals surface area contributed by atoms with Gasteiger partial charge in [0.1, 0.15) is 5.75 Å². The van der Waals surface area contributed by atoms with Gasteiger partial charge in [-0.2, -0.15) is 13.2 Å². The second-order valence-electron chi connectivity index (χ2n) is 3.72. The summed E-state index contributed by atoms with van der Waals surface area (Å²) in [4.78, 5) is 0. The number of aliphatic hydroxyl groups excluding tert-OH is 1. The van der Waals surface area contributed by atoms with Crippen molar-refractivity contribution in [2.45, 2.75) is 25.2 Å². The van der Waals surface area contributed by atoms with E-state index in [1.165, 1.54) is 26.2 Å². The number of benzene rings is 1. The largest absolute Gasteiger partial charge is 0.497 e. The van der Waals surface area contributed by atoms with E-state index in [9.17, 15) is 18.3 Å². The van der Waals surface area contributed by atoms with Crippen LogP contribution in [0.4, 0.5) is 13.2 Å². The number of methoxy groups -OCH3 is 1. The average Bonchev–Trinajstić information content (AvgIpc) is 2.26. The Balaban J connectivity index is 3.30. The highest BCUT2D eigenvalue weighted by atomic mass is 19.4. The molecule has 0 spiro atoms. The Kier molecular flexibility index (Phi) is 4.00. The molecule has 6 heteroatoms. The maximum Gasteiger partial charge on any atom is 0.416 e. The second kappa shape index (κ2) is 4.93. The molecule has 0 saturated heterocycles. The van der Waals surface area contributed by atoms with E-state index in [-0.39, 0.29) is 11.3 Å². The van der Waals surface area contributed by atoms with Crippen LogP contribution in [0.25, 0.3) is 0 Å². The smallest absolute Gasteiger partial charge is 0.416 e. The van der Waals surface area contributed by atoms with E-state index in [1.807, 2.05) is 0 Å². The molecule has 1 rings (SSSR count). The Hall–Kier alpha value is -1.27. The lowest BCUT2D eigenvalue weighted by Crippen LogP contribution is -2.26. The summed E-state index contributed by atoms with van der Waals surface area (Å²) in [6.07, 6.45) is -5.60. The maximum absolute atomic E-state index is 12.8. The Morgan fingerprint density at radius 3 is 2.35 bits per heavy atom. The van der Waals surface area contributed by atoms with Gasteiger partial charge in [-0.1, -0.05) is 6.07 Å². The van der Waals surface area contributed by atoms with Crippen molar-refractivity contribution in [3.8, 4) is 5.75 Å². The second-order valence-corrected chi connectivity index (χ2v) is 3.72. The molecule has 0 saturated carbocycles. The summed E-state index contributed by atoms with van der Waals surface area (Å²) in [5.41, 5.74) is 4.51. The molecule has 17 heavy (non-hydrogen) atoms. The molecule has 0 aliphatic heterocycles. The number of rotatable bonds is 3. The third-order valence-corrected chi connectivity index (χ3v) is 2.44. The van der Waals surface area contributed by atoms with Gasteiger partial charge in [-0.25, -0.2) is 0 Å². The summed E-state index contributed by atoms with van der Waals surface area (Å²) >= 11 is 0. The number of alkyl halides is 3. The minimum absolute atomic E-state index is 0.0962. The monoisotopic (exact) mass is 249 g/mol. The number of ether oxygens (including phenoxy) is 1. The van der Waals surface area contributed by atoms with Gasteiger partial charge in [-0.15, -0.1) is 0 Å². The normalized spacial score (nSPS) is 15.5. The molecule has 2 atom stereocenters. The minimum Gasteiger partial charge on any atom is -0.497 e. The summed E-state index contributed by atoms with van der Waals surface area (Å²) < 4.78 is 43.1. The molecular weight excluding hydrogens is 235 g/mol. The highest BCUT2D eigenvalue weighted by Gasteiger charge is 2.35. The number of hydrogen-bond donors (Lipinski definition) is 2. The van der Waals surface area contributed by atoms with E-state index in [0.29, 0.717) is 0 Å². The summed E-state index contributed by atoms with van der Waals surface area (Å²) in [6.45, 7) is 1.34. The molecule has 0 fully saturated rings. The molecule has 1 aromatic rings. The zero-order valence-electron chi connectivity index (χ0n) is 9.45. The predicted octanol–water partition coefficient (Wildman–Crippen LogP) is 2.09. The first kappa shape index (κ1) is 13.8. The fourth-order valence-corrected chi connectivity index (χ4v) is 1.46. The summed E-state index contributed by atoms with van der Waals surface area (Å²) in [5, 5.41) is 9.27. The van der Waals surface area contributed by atoms with Crippen LogP contribution in [0.1, 0.15) is 24.1 Å². The fraction of sp³-hybridized carbons (Fsp3) is 0.455. The van der Waals surface area contributed by atoms with Crippen LogP contribution in [-0.4, -0.2) is 18.3 Å². The van der Waals surface area contributed by atoms with Gasteiger partial charge in [-0.3, -0.25) is 0 Å². The molecule has 0 bridgehead atoms. The van der Waals surface area contributed by atoms with E-state index in [4.69, 9.17) is 10.5 Å². The molecule has 0 amide bonds. The first-order valence-corrected chi connectivity index (χ1v) is 4.96. The van der Waals surface area contributed by atoms with Gasteiger partial charge in [0, 0.05) is 0 Å². The van der Waals surface area contributed by atoms with Crippen LogP contribution in [0.2, 0.25) is 0 Å². The quantitative estimate of drug-likeness (QED) is 0.862. The molecule has 0 radical (unpaired) electrons. The van der Waals surface area contributed by atoms with Gasteiger partial charge in [0.15, 0.2) is 0 Å². The highest BCUT2D eigenvalue weighted by molar-refractivity contribution is 5.39. The molecule has 96 valence electrons. The molecular formula is C11H14F3NO2. The Morgan fingerprint density at radius 2 is 1.94 bits per heavy atom. The van der Waals surface area contributed by atoms with Gasteiger partial charge in [-0.05, 0) is 24.6 Å². The van der Waals surface area contributed by atoms with E-state index in [0.717, 1.165) is 6.07 Å². The van der Waals surface area contributed by atoms with Gasteiger partial charge in [0.2, 0.25) is 0 Å². The zero-order chi connectivity index (χ0) is 13.2. The Labute approximate surface area is 97.0 Å². The minimum atomic E-state index is -4.53. The predicted molar refractivity (Wildman–Crippen MR) is 56.6 cm³/mol. The van der Waals surface area contributed by atoms with Crippen molar-refractivity contribution in [2.75, 3.05) is 7.11 Å². The van der Waals surface area contributed by atoms with Crippen molar-refractivity contribution in [3.63, 3.8) is 0 Å². The lowest BCUT2D eigenvalue weighted by Gasteiger charge is -2.21. The van der Waals surface area contributed by atoms with Gasteiger partial charge in [0.25, 0.3) is 0 Å². The lowest BCUT2D eigenvalue weighted by atomic mass is 9.97. The standard InChI is InChI=1S/C11H14F3NO2/c1-6(16)10(15)8-4-3-7(17-2)5-9(8)11(12,13)14/h3-6,10,16H,15H2,1-2H3/t6-,10-/m0/s1. The number of halogens is 3. The van der Waals surface area contributed by atoms with Crippen LogP contribution in [0.5, 0.6) is 5.75 Å². The third-order valence-electron chi connectivity index (χ3n) is 2.44. The lowest BCUT2D eigenvalue weighted by molar-refractivity contribution is -0.138. The van der Waals surface area contributed by atoms with Crippen LogP contribution in [0, 0.1) is 0 Å². The van der Waals surface area contributed by atoms with Crippen molar-refractivity contribution >= 4 is 0 Å². The van der Waals surface area contributed by atoms with Crippen molar-refractivity contribution in [2.24, 2.45) is 5.73 Å². The van der Waals surface area contributed by atoms with Crippen LogP contribution >= 0.6 is 0 Å². The molecule has 1 aromatic carbocycles. The van der Waals surface area contributed by atoms with Crippen LogP contribution in [-0.2, 0) is 6.18 Å². The molecule has 0 aromatic heterocycles. The molecule has 0 unspecified atom stereocenters. The first-order chi connectivity index (χ1) is 7.77. The molecule has 0 heterocycles. The Bertz CT molecular complexity index is 391. The number of aliphatic hydroxyl groups is 1. The van der Waals surface area contributed by atoms with Gasteiger partial charge in [0.05, 0.1) is 24.8 Å². The topological polar surface area (TPSA) is 55.5 Å². The molecule has 3 nitrogen and oxygen atoms in total. The van der Waals surface area contributed by atoms with E-state index >= 15 is 0 Å². The van der Waals surface area contributed by atoms with Crippen molar-refractivity contribution in [1.82, 2.24) is 0 Å². The van der Waals surface area contributed by atoms with E-state index in [1.54, 1.807) is 0 Å². The fourth-order valence-electron chi connectivity index (χ4n) is 1.46. The molecule has 3 N–H and O–H groups in total. The zero-order valence-corrected chi connectivity index (χ0v) is 9.45. The summed E-state index contributed by atoms with van der Waals surface area (Å²) in [7, 11) is 1.28. The van der Waals surface area contributed by atoms with E-state index in [2.05, 4.69) is 0 Å². The SMILES string of the molecule is COc1ccc([C@@H](N)[C@H](C)O)c(C(F)(F)F)c1. The third kappa shape index (κ3) is 3.10. The average molecular weight is 249 g/mol. The van der Waals surface area contributed by atoms with Crippen molar-refractivity contribution in [3.05, 3.63) is 29.3 Å². The van der Waals surface area contributed by atoms with Crippen LogP contribution < -0.4 is 10.5 Å². The maximum atomic E-state index is 12.8. The van der Waals surface area contributed by atoms with Crippen molar-refractivity contribution < 1.29 is 23.0 Å². The summed E-state index contributed by atoms with van der Waals surface area (Å²) in [5.74, 6) is 0.0962. The number of hydrogen-bond acceptors (Lipinski definition) is 3.